The Labute approximate surface area is 120 Å². The average molecular weight is 290 g/mol. The van der Waals surface area contributed by atoms with Crippen LogP contribution in [0, 0.1) is 0 Å². The lowest BCUT2D eigenvalue weighted by atomic mass is 10.1. The summed E-state index contributed by atoms with van der Waals surface area (Å²) in [5.74, 6) is 0. The molecule has 0 fully saturated rings. The Kier molecular flexibility index (Phi) is 3.53. The van der Waals surface area contributed by atoms with Crippen molar-refractivity contribution in [1.82, 2.24) is 10.2 Å². The maximum absolute atomic E-state index is 5.89. The summed E-state index contributed by atoms with van der Waals surface area (Å²) in [6.45, 7) is 0.792. The van der Waals surface area contributed by atoms with Gasteiger partial charge in [-0.05, 0) is 29.8 Å². The van der Waals surface area contributed by atoms with E-state index in [2.05, 4.69) is 39.8 Å². The van der Waals surface area contributed by atoms with E-state index in [-0.39, 0.29) is 0 Å². The lowest BCUT2D eigenvalue weighted by Gasteiger charge is -2.05. The molecule has 3 aromatic rings. The summed E-state index contributed by atoms with van der Waals surface area (Å²) in [5.41, 5.74) is 3.24. The van der Waals surface area contributed by atoms with Gasteiger partial charge in [-0.15, -0.1) is 11.3 Å². The highest BCUT2D eigenvalue weighted by Crippen LogP contribution is 2.22. The molecule has 5 heteroatoms. The van der Waals surface area contributed by atoms with Crippen molar-refractivity contribution in [3.63, 3.8) is 0 Å². The van der Waals surface area contributed by atoms with E-state index in [0.29, 0.717) is 0 Å². The smallest absolute Gasteiger partial charge is 0.0650 e. The normalized spacial score (nSPS) is 10.6. The van der Waals surface area contributed by atoms with Crippen molar-refractivity contribution in [2.45, 2.75) is 6.54 Å². The quantitative estimate of drug-likeness (QED) is 0.747. The number of nitrogens with zero attached hydrogens (tertiary/aromatic N) is 1. The summed E-state index contributed by atoms with van der Waals surface area (Å²) in [6.07, 6.45) is 1.75. The maximum atomic E-state index is 5.89. The van der Waals surface area contributed by atoms with E-state index in [9.17, 15) is 0 Å². The predicted octanol–water partition coefficient (Wildman–Crippen LogP) is 4.40. The fourth-order valence-corrected chi connectivity index (χ4v) is 2.83. The van der Waals surface area contributed by atoms with Gasteiger partial charge in [0.1, 0.15) is 0 Å². The van der Waals surface area contributed by atoms with E-state index >= 15 is 0 Å². The summed E-state index contributed by atoms with van der Waals surface area (Å²) in [4.78, 5) is 1.22. The Morgan fingerprint density at radius 2 is 2.05 bits per heavy atom. The lowest BCUT2D eigenvalue weighted by Crippen LogP contribution is -1.96. The molecular formula is C14H12ClN3S. The summed E-state index contributed by atoms with van der Waals surface area (Å²) in [6, 6.07) is 12.2. The number of halogens is 1. The molecule has 19 heavy (non-hydrogen) atoms. The third-order valence-electron chi connectivity index (χ3n) is 2.79. The fourth-order valence-electron chi connectivity index (χ4n) is 1.82. The van der Waals surface area contributed by atoms with Gasteiger partial charge in [-0.25, -0.2) is 0 Å². The van der Waals surface area contributed by atoms with Crippen LogP contribution in [0.25, 0.3) is 11.3 Å². The summed E-state index contributed by atoms with van der Waals surface area (Å²) >= 11 is 7.56. The van der Waals surface area contributed by atoms with E-state index in [1.807, 2.05) is 17.5 Å². The van der Waals surface area contributed by atoms with Crippen molar-refractivity contribution in [2.24, 2.45) is 0 Å². The molecule has 0 amide bonds. The first-order valence-corrected chi connectivity index (χ1v) is 7.13. The molecule has 0 atom stereocenters. The number of anilines is 1. The van der Waals surface area contributed by atoms with Gasteiger partial charge in [-0.2, -0.15) is 5.10 Å². The summed E-state index contributed by atoms with van der Waals surface area (Å²) < 4.78 is 0. The monoisotopic (exact) mass is 289 g/mol. The molecule has 3 rings (SSSR count). The molecule has 96 valence electrons. The predicted molar refractivity (Wildman–Crippen MR) is 80.7 cm³/mol. The topological polar surface area (TPSA) is 40.7 Å². The van der Waals surface area contributed by atoms with Crippen LogP contribution in [0.1, 0.15) is 4.88 Å². The van der Waals surface area contributed by atoms with Crippen molar-refractivity contribution < 1.29 is 0 Å². The molecule has 0 saturated heterocycles. The van der Waals surface area contributed by atoms with Gasteiger partial charge in [0.15, 0.2) is 0 Å². The van der Waals surface area contributed by atoms with Gasteiger partial charge in [-0.3, -0.25) is 5.10 Å². The van der Waals surface area contributed by atoms with E-state index in [1.165, 1.54) is 4.88 Å². The Balaban J connectivity index is 1.66. The average Bonchev–Trinajstić information content (AvgIpc) is 3.08. The second kappa shape index (κ2) is 5.47. The number of rotatable bonds is 4. The third-order valence-corrected chi connectivity index (χ3v) is 4.07. The highest BCUT2D eigenvalue weighted by molar-refractivity contribution is 7.10. The van der Waals surface area contributed by atoms with Crippen LogP contribution in [-0.2, 0) is 6.54 Å². The van der Waals surface area contributed by atoms with Gasteiger partial charge in [0.25, 0.3) is 0 Å². The van der Waals surface area contributed by atoms with Crippen LogP contribution in [0.3, 0.4) is 0 Å². The minimum Gasteiger partial charge on any atom is -0.380 e. The van der Waals surface area contributed by atoms with E-state index in [0.717, 1.165) is 28.5 Å². The van der Waals surface area contributed by atoms with Crippen molar-refractivity contribution in [3.05, 3.63) is 57.9 Å². The van der Waals surface area contributed by atoms with E-state index < -0.39 is 0 Å². The molecule has 0 aliphatic rings. The zero-order valence-corrected chi connectivity index (χ0v) is 11.6. The van der Waals surface area contributed by atoms with Crippen LogP contribution in [0.2, 0.25) is 5.02 Å². The van der Waals surface area contributed by atoms with Gasteiger partial charge in [0.05, 0.1) is 10.7 Å². The van der Waals surface area contributed by atoms with Gasteiger partial charge in [0.2, 0.25) is 0 Å². The molecule has 0 radical (unpaired) electrons. The van der Waals surface area contributed by atoms with Crippen LogP contribution in [0.15, 0.2) is 48.0 Å². The molecule has 2 aromatic heterocycles. The molecule has 1 aromatic carbocycles. The largest absolute Gasteiger partial charge is 0.380 e. The van der Waals surface area contributed by atoms with Crippen LogP contribution in [0.5, 0.6) is 0 Å². The molecular weight excluding hydrogens is 278 g/mol. The van der Waals surface area contributed by atoms with Crippen molar-refractivity contribution in [3.8, 4) is 11.3 Å². The summed E-state index contributed by atoms with van der Waals surface area (Å²) in [7, 11) is 0. The minimum absolute atomic E-state index is 0.792. The molecule has 0 spiro atoms. The van der Waals surface area contributed by atoms with E-state index in [1.54, 1.807) is 17.5 Å². The summed E-state index contributed by atoms with van der Waals surface area (Å²) in [5, 5.41) is 13.0. The molecule has 0 saturated carbocycles. The van der Waals surface area contributed by atoms with Crippen molar-refractivity contribution in [1.29, 1.82) is 0 Å². The second-order valence-corrected chi connectivity index (χ2v) is 5.56. The number of benzene rings is 1. The number of thiophene rings is 1. The Bertz CT molecular complexity index is 644. The number of hydrogen-bond acceptors (Lipinski definition) is 3. The standard InChI is InChI=1S/C14H12ClN3S/c15-11-7-13(19-9-11)8-16-12-3-1-10(2-4-12)14-5-6-17-18-14/h1-7,9,16H,8H2,(H,17,18). The number of hydrogen-bond donors (Lipinski definition) is 2. The first-order valence-electron chi connectivity index (χ1n) is 5.88. The fraction of sp³-hybridized carbons (Fsp3) is 0.0714. The zero-order valence-electron chi connectivity index (χ0n) is 10.1. The zero-order chi connectivity index (χ0) is 13.1. The molecule has 0 aliphatic heterocycles. The Morgan fingerprint density at radius 1 is 1.21 bits per heavy atom. The number of H-pyrrole nitrogens is 1. The van der Waals surface area contributed by atoms with Crippen LogP contribution in [0.4, 0.5) is 5.69 Å². The lowest BCUT2D eigenvalue weighted by molar-refractivity contribution is 1.09. The second-order valence-electron chi connectivity index (χ2n) is 4.13. The van der Waals surface area contributed by atoms with Crippen LogP contribution in [-0.4, -0.2) is 10.2 Å². The molecule has 3 nitrogen and oxygen atoms in total. The number of aromatic amines is 1. The Hall–Kier alpha value is -1.78. The highest BCUT2D eigenvalue weighted by Gasteiger charge is 2.00. The number of aromatic nitrogens is 2. The first-order chi connectivity index (χ1) is 9.31. The molecule has 2 N–H and O–H groups in total. The minimum atomic E-state index is 0.792. The molecule has 0 aliphatic carbocycles. The van der Waals surface area contributed by atoms with Gasteiger partial charge in [-0.1, -0.05) is 23.7 Å². The molecule has 0 unspecified atom stereocenters. The SMILES string of the molecule is Clc1csc(CNc2ccc(-c3ccn[nH]3)cc2)c1. The molecule has 2 heterocycles. The first kappa shape index (κ1) is 12.3. The van der Waals surface area contributed by atoms with Crippen LogP contribution < -0.4 is 5.32 Å². The van der Waals surface area contributed by atoms with Crippen molar-refractivity contribution >= 4 is 28.6 Å². The van der Waals surface area contributed by atoms with Gasteiger partial charge >= 0.3 is 0 Å². The number of nitrogens with one attached hydrogen (secondary N) is 2. The van der Waals surface area contributed by atoms with Crippen molar-refractivity contribution in [2.75, 3.05) is 5.32 Å². The third kappa shape index (κ3) is 2.97. The van der Waals surface area contributed by atoms with Gasteiger partial charge < -0.3 is 5.32 Å². The highest BCUT2D eigenvalue weighted by atomic mass is 35.5. The van der Waals surface area contributed by atoms with Crippen LogP contribution >= 0.6 is 22.9 Å². The van der Waals surface area contributed by atoms with E-state index in [4.69, 9.17) is 11.6 Å². The maximum Gasteiger partial charge on any atom is 0.0650 e. The van der Waals surface area contributed by atoms with Gasteiger partial charge in [0, 0.05) is 28.7 Å². The Morgan fingerprint density at radius 3 is 2.68 bits per heavy atom. The molecule has 0 bridgehead atoms.